The molecule has 2 atom stereocenters. The van der Waals surface area contributed by atoms with Gasteiger partial charge in [0.1, 0.15) is 0 Å². The van der Waals surface area contributed by atoms with Crippen molar-refractivity contribution in [3.63, 3.8) is 0 Å². The Morgan fingerprint density at radius 2 is 2.06 bits per heavy atom. The largest absolute Gasteiger partial charge is 0.389 e. The highest BCUT2D eigenvalue weighted by molar-refractivity contribution is 5.82. The second-order valence-electron chi connectivity index (χ2n) is 4.81. The Balaban J connectivity index is 1.57. The fourth-order valence-electron chi connectivity index (χ4n) is 1.93. The maximum absolute atomic E-state index is 11.5. The average molecular weight is 226 g/mol. The number of hydrogen-bond donors (Lipinski definition) is 2. The van der Waals surface area contributed by atoms with Gasteiger partial charge in [-0.25, -0.2) is 0 Å². The van der Waals surface area contributed by atoms with Crippen molar-refractivity contribution in [2.45, 2.75) is 25.9 Å². The molecule has 2 rings (SSSR count). The van der Waals surface area contributed by atoms with Crippen molar-refractivity contribution in [1.29, 1.82) is 0 Å². The van der Waals surface area contributed by atoms with Crippen LogP contribution in [-0.2, 0) is 9.59 Å². The number of carbonyl (C=O) groups excluding carboxylic acids is 2. The number of aliphatic hydroxyl groups is 1. The molecule has 0 bridgehead atoms. The van der Waals surface area contributed by atoms with Crippen LogP contribution in [0.4, 0.5) is 0 Å². The number of carbonyl (C=O) groups is 2. The van der Waals surface area contributed by atoms with Crippen molar-refractivity contribution in [1.82, 2.24) is 10.2 Å². The van der Waals surface area contributed by atoms with Crippen molar-refractivity contribution in [2.75, 3.05) is 19.6 Å². The predicted octanol–water partition coefficient (Wildman–Crippen LogP) is -0.648. The van der Waals surface area contributed by atoms with Crippen molar-refractivity contribution < 1.29 is 14.7 Å². The first kappa shape index (κ1) is 11.4. The summed E-state index contributed by atoms with van der Waals surface area (Å²) < 4.78 is 0. The van der Waals surface area contributed by atoms with Crippen molar-refractivity contribution in [2.24, 2.45) is 11.8 Å². The molecule has 1 heterocycles. The second kappa shape index (κ2) is 4.41. The van der Waals surface area contributed by atoms with E-state index in [0.717, 1.165) is 6.42 Å². The van der Waals surface area contributed by atoms with Crippen LogP contribution in [0, 0.1) is 11.8 Å². The summed E-state index contributed by atoms with van der Waals surface area (Å²) in [5.74, 6) is 0.751. The topological polar surface area (TPSA) is 69.6 Å². The van der Waals surface area contributed by atoms with Gasteiger partial charge in [0.25, 0.3) is 0 Å². The van der Waals surface area contributed by atoms with Crippen molar-refractivity contribution in [3.8, 4) is 0 Å². The van der Waals surface area contributed by atoms with Crippen LogP contribution >= 0.6 is 0 Å². The monoisotopic (exact) mass is 226 g/mol. The Bertz CT molecular complexity index is 300. The smallest absolute Gasteiger partial charge is 0.224 e. The molecule has 5 heteroatoms. The lowest BCUT2D eigenvalue weighted by Crippen LogP contribution is -2.53. The van der Waals surface area contributed by atoms with Crippen LogP contribution in [0.15, 0.2) is 0 Å². The molecule has 0 aromatic rings. The molecule has 16 heavy (non-hydrogen) atoms. The lowest BCUT2D eigenvalue weighted by atomic mass is 10.1. The standard InChI is InChI=1S/C11H18N2O3/c1-7-4-9(7)11(16)12-3-2-10(15)13-5-8(14)6-13/h7-9,14H,2-6H2,1H3,(H,12,16). The van der Waals surface area contributed by atoms with E-state index in [2.05, 4.69) is 12.2 Å². The molecular weight excluding hydrogens is 208 g/mol. The molecule has 1 aliphatic heterocycles. The van der Waals surface area contributed by atoms with Crippen LogP contribution in [0.1, 0.15) is 19.8 Å². The quantitative estimate of drug-likeness (QED) is 0.669. The molecule has 0 spiro atoms. The Morgan fingerprint density at radius 3 is 2.56 bits per heavy atom. The first-order valence-electron chi connectivity index (χ1n) is 5.81. The number of β-amino-alcohol motifs (C(OH)–C–C–N with tert-alkyl or cyclic N) is 1. The van der Waals surface area contributed by atoms with Gasteiger partial charge in [-0.15, -0.1) is 0 Å². The minimum Gasteiger partial charge on any atom is -0.389 e. The van der Waals surface area contributed by atoms with Gasteiger partial charge in [0, 0.05) is 32.0 Å². The van der Waals surface area contributed by atoms with Gasteiger partial charge < -0.3 is 15.3 Å². The third-order valence-corrected chi connectivity index (χ3v) is 3.30. The molecule has 0 aromatic heterocycles. The van der Waals surface area contributed by atoms with E-state index >= 15 is 0 Å². The van der Waals surface area contributed by atoms with Gasteiger partial charge in [-0.1, -0.05) is 6.92 Å². The highest BCUT2D eigenvalue weighted by Crippen LogP contribution is 2.37. The summed E-state index contributed by atoms with van der Waals surface area (Å²) in [5, 5.41) is 11.8. The van der Waals surface area contributed by atoms with Gasteiger partial charge in [0.15, 0.2) is 0 Å². The fraction of sp³-hybridized carbons (Fsp3) is 0.818. The van der Waals surface area contributed by atoms with Gasteiger partial charge >= 0.3 is 0 Å². The Kier molecular flexibility index (Phi) is 3.14. The minimum absolute atomic E-state index is 0.00875. The molecular formula is C11H18N2O3. The first-order valence-corrected chi connectivity index (χ1v) is 5.81. The van der Waals surface area contributed by atoms with E-state index in [4.69, 9.17) is 5.11 Å². The summed E-state index contributed by atoms with van der Waals surface area (Å²) >= 11 is 0. The maximum Gasteiger partial charge on any atom is 0.224 e. The zero-order chi connectivity index (χ0) is 11.7. The Morgan fingerprint density at radius 1 is 1.44 bits per heavy atom. The lowest BCUT2D eigenvalue weighted by molar-refractivity contribution is -0.141. The number of aliphatic hydroxyl groups excluding tert-OH is 1. The molecule has 1 aliphatic carbocycles. The summed E-state index contributed by atoms with van der Waals surface area (Å²) in [6.07, 6.45) is 0.948. The zero-order valence-corrected chi connectivity index (χ0v) is 9.48. The lowest BCUT2D eigenvalue weighted by Gasteiger charge is -2.35. The molecule has 1 saturated heterocycles. The Hall–Kier alpha value is -1.10. The highest BCUT2D eigenvalue weighted by atomic mass is 16.3. The number of nitrogens with one attached hydrogen (secondary N) is 1. The molecule has 0 radical (unpaired) electrons. The summed E-state index contributed by atoms with van der Waals surface area (Å²) in [4.78, 5) is 24.5. The van der Waals surface area contributed by atoms with E-state index < -0.39 is 0 Å². The Labute approximate surface area is 94.8 Å². The number of nitrogens with zero attached hydrogens (tertiary/aromatic N) is 1. The van der Waals surface area contributed by atoms with Gasteiger partial charge in [-0.3, -0.25) is 9.59 Å². The summed E-state index contributed by atoms with van der Waals surface area (Å²) in [7, 11) is 0. The van der Waals surface area contributed by atoms with Gasteiger partial charge in [-0.05, 0) is 12.3 Å². The summed E-state index contributed by atoms with van der Waals surface area (Å²) in [5.41, 5.74) is 0. The van der Waals surface area contributed by atoms with E-state index in [1.165, 1.54) is 0 Å². The molecule has 90 valence electrons. The maximum atomic E-state index is 11.5. The van der Waals surface area contributed by atoms with E-state index in [0.29, 0.717) is 32.0 Å². The molecule has 2 fully saturated rings. The molecule has 2 N–H and O–H groups in total. The summed E-state index contributed by atoms with van der Waals surface area (Å²) in [6.45, 7) is 3.34. The minimum atomic E-state index is -0.356. The van der Waals surface area contributed by atoms with Crippen LogP contribution < -0.4 is 5.32 Å². The number of rotatable bonds is 4. The fourth-order valence-corrected chi connectivity index (χ4v) is 1.93. The van der Waals surface area contributed by atoms with Crippen LogP contribution in [0.2, 0.25) is 0 Å². The number of likely N-dealkylation sites (tertiary alicyclic amines) is 1. The average Bonchev–Trinajstić information content (AvgIpc) is 2.90. The number of hydrogen-bond acceptors (Lipinski definition) is 3. The van der Waals surface area contributed by atoms with Crippen molar-refractivity contribution >= 4 is 11.8 Å². The molecule has 0 aromatic carbocycles. The van der Waals surface area contributed by atoms with Crippen LogP contribution in [0.3, 0.4) is 0 Å². The van der Waals surface area contributed by atoms with E-state index in [9.17, 15) is 9.59 Å². The van der Waals surface area contributed by atoms with E-state index in [-0.39, 0.29) is 23.8 Å². The predicted molar refractivity (Wildman–Crippen MR) is 57.5 cm³/mol. The van der Waals surface area contributed by atoms with Crippen LogP contribution in [0.5, 0.6) is 0 Å². The van der Waals surface area contributed by atoms with E-state index in [1.54, 1.807) is 4.90 Å². The summed E-state index contributed by atoms with van der Waals surface area (Å²) in [6, 6.07) is 0. The number of amides is 2. The SMILES string of the molecule is CC1CC1C(=O)NCCC(=O)N1CC(O)C1. The molecule has 1 saturated carbocycles. The molecule has 5 nitrogen and oxygen atoms in total. The molecule has 2 amide bonds. The van der Waals surface area contributed by atoms with Gasteiger partial charge in [0.05, 0.1) is 6.10 Å². The van der Waals surface area contributed by atoms with Gasteiger partial charge in [0.2, 0.25) is 11.8 Å². The highest BCUT2D eigenvalue weighted by Gasteiger charge is 2.38. The third kappa shape index (κ3) is 2.52. The van der Waals surface area contributed by atoms with Crippen LogP contribution in [-0.4, -0.2) is 47.6 Å². The third-order valence-electron chi connectivity index (χ3n) is 3.30. The van der Waals surface area contributed by atoms with Crippen molar-refractivity contribution in [3.05, 3.63) is 0 Å². The molecule has 2 aliphatic rings. The van der Waals surface area contributed by atoms with Gasteiger partial charge in [-0.2, -0.15) is 0 Å². The van der Waals surface area contributed by atoms with Crippen LogP contribution in [0.25, 0.3) is 0 Å². The second-order valence-corrected chi connectivity index (χ2v) is 4.81. The first-order chi connectivity index (χ1) is 7.58. The zero-order valence-electron chi connectivity index (χ0n) is 9.48. The normalized spacial score (nSPS) is 28.5. The molecule has 2 unspecified atom stereocenters. The van der Waals surface area contributed by atoms with E-state index in [1.807, 2.05) is 0 Å².